The van der Waals surface area contributed by atoms with Crippen LogP contribution in [-0.2, 0) is 0 Å². The van der Waals surface area contributed by atoms with E-state index in [1.54, 1.807) is 0 Å². The van der Waals surface area contributed by atoms with Gasteiger partial charge in [-0.2, -0.15) is 0 Å². The van der Waals surface area contributed by atoms with Crippen molar-refractivity contribution in [3.63, 3.8) is 0 Å². The molecule has 1 aromatic heterocycles. The summed E-state index contributed by atoms with van der Waals surface area (Å²) in [5.74, 6) is 0.419. The molecular formula is C11H13NO. The van der Waals surface area contributed by atoms with Crippen LogP contribution in [0, 0.1) is 6.92 Å². The van der Waals surface area contributed by atoms with E-state index in [1.165, 1.54) is 5.56 Å². The van der Waals surface area contributed by atoms with Gasteiger partial charge < -0.3 is 4.52 Å². The second-order valence-electron chi connectivity index (χ2n) is 3.72. The molecule has 0 fully saturated rings. The minimum Gasteiger partial charge on any atom is -0.356 e. The Morgan fingerprint density at radius 1 is 1.31 bits per heavy atom. The lowest BCUT2D eigenvalue weighted by Gasteiger charge is -1.98. The molecule has 0 N–H and O–H groups in total. The molecule has 0 atom stereocenters. The van der Waals surface area contributed by atoms with E-state index in [-0.39, 0.29) is 0 Å². The van der Waals surface area contributed by atoms with Crippen LogP contribution in [0.2, 0.25) is 0 Å². The zero-order valence-corrected chi connectivity index (χ0v) is 8.16. The molecular weight excluding hydrogens is 162 g/mol. The van der Waals surface area contributed by atoms with Crippen molar-refractivity contribution in [2.75, 3.05) is 0 Å². The fraction of sp³-hybridized carbons (Fsp3) is 0.364. The Balaban J connectivity index is 2.71. The average molecular weight is 175 g/mol. The van der Waals surface area contributed by atoms with Crippen LogP contribution in [0.1, 0.15) is 31.0 Å². The SMILES string of the molecule is Cc1ccc2onc(C(C)C)c2c1. The summed E-state index contributed by atoms with van der Waals surface area (Å²) >= 11 is 0. The maximum absolute atomic E-state index is 5.22. The number of fused-ring (bicyclic) bond motifs is 1. The number of aryl methyl sites for hydroxylation is 1. The van der Waals surface area contributed by atoms with E-state index in [1.807, 2.05) is 12.1 Å². The molecule has 0 aliphatic carbocycles. The van der Waals surface area contributed by atoms with Gasteiger partial charge in [0.1, 0.15) is 0 Å². The second kappa shape index (κ2) is 2.87. The fourth-order valence-corrected chi connectivity index (χ4v) is 1.49. The lowest BCUT2D eigenvalue weighted by atomic mass is 10.0. The van der Waals surface area contributed by atoms with E-state index >= 15 is 0 Å². The first-order chi connectivity index (χ1) is 6.18. The van der Waals surface area contributed by atoms with Crippen molar-refractivity contribution in [1.82, 2.24) is 5.16 Å². The highest BCUT2D eigenvalue weighted by atomic mass is 16.5. The first kappa shape index (κ1) is 8.30. The average Bonchev–Trinajstić information content (AvgIpc) is 2.46. The fourth-order valence-electron chi connectivity index (χ4n) is 1.49. The monoisotopic (exact) mass is 175 g/mol. The van der Waals surface area contributed by atoms with Crippen molar-refractivity contribution in [1.29, 1.82) is 0 Å². The normalized spacial score (nSPS) is 11.4. The minimum atomic E-state index is 0.419. The lowest BCUT2D eigenvalue weighted by Crippen LogP contribution is -1.87. The zero-order chi connectivity index (χ0) is 9.42. The van der Waals surface area contributed by atoms with Crippen molar-refractivity contribution in [3.05, 3.63) is 29.5 Å². The summed E-state index contributed by atoms with van der Waals surface area (Å²) in [6, 6.07) is 6.14. The van der Waals surface area contributed by atoms with Crippen molar-refractivity contribution in [2.45, 2.75) is 26.7 Å². The van der Waals surface area contributed by atoms with Crippen LogP contribution in [0.5, 0.6) is 0 Å². The highest BCUT2D eigenvalue weighted by Crippen LogP contribution is 2.25. The number of nitrogens with zero attached hydrogens (tertiary/aromatic N) is 1. The van der Waals surface area contributed by atoms with Gasteiger partial charge in [-0.25, -0.2) is 0 Å². The summed E-state index contributed by atoms with van der Waals surface area (Å²) in [5.41, 5.74) is 3.19. The van der Waals surface area contributed by atoms with Gasteiger partial charge in [-0.05, 0) is 25.0 Å². The molecule has 2 aromatic rings. The molecule has 0 bridgehead atoms. The molecule has 0 aliphatic heterocycles. The van der Waals surface area contributed by atoms with Crippen LogP contribution >= 0.6 is 0 Å². The Kier molecular flexibility index (Phi) is 1.83. The summed E-state index contributed by atoms with van der Waals surface area (Å²) in [6.07, 6.45) is 0. The van der Waals surface area contributed by atoms with Crippen molar-refractivity contribution in [2.24, 2.45) is 0 Å². The van der Waals surface area contributed by atoms with E-state index in [9.17, 15) is 0 Å². The topological polar surface area (TPSA) is 26.0 Å². The summed E-state index contributed by atoms with van der Waals surface area (Å²) in [7, 11) is 0. The molecule has 68 valence electrons. The molecule has 0 spiro atoms. The molecule has 2 rings (SSSR count). The molecule has 2 nitrogen and oxygen atoms in total. The maximum atomic E-state index is 5.22. The molecule has 2 heteroatoms. The van der Waals surface area contributed by atoms with Crippen LogP contribution in [0.15, 0.2) is 22.7 Å². The van der Waals surface area contributed by atoms with Crippen LogP contribution < -0.4 is 0 Å². The Bertz CT molecular complexity index is 429. The highest BCUT2D eigenvalue weighted by molar-refractivity contribution is 5.80. The number of aromatic nitrogens is 1. The molecule has 0 saturated heterocycles. The van der Waals surface area contributed by atoms with Gasteiger partial charge in [-0.1, -0.05) is 30.6 Å². The zero-order valence-electron chi connectivity index (χ0n) is 8.16. The Morgan fingerprint density at radius 3 is 2.77 bits per heavy atom. The number of rotatable bonds is 1. The largest absolute Gasteiger partial charge is 0.356 e. The van der Waals surface area contributed by atoms with E-state index in [0.29, 0.717) is 5.92 Å². The summed E-state index contributed by atoms with van der Waals surface area (Å²) in [6.45, 7) is 6.33. The van der Waals surface area contributed by atoms with Crippen LogP contribution in [0.3, 0.4) is 0 Å². The minimum absolute atomic E-state index is 0.419. The van der Waals surface area contributed by atoms with Crippen molar-refractivity contribution in [3.8, 4) is 0 Å². The molecule has 1 aromatic carbocycles. The highest BCUT2D eigenvalue weighted by Gasteiger charge is 2.10. The van der Waals surface area contributed by atoms with E-state index in [2.05, 4.69) is 32.0 Å². The maximum Gasteiger partial charge on any atom is 0.167 e. The van der Waals surface area contributed by atoms with Crippen molar-refractivity contribution < 1.29 is 4.52 Å². The smallest absolute Gasteiger partial charge is 0.167 e. The summed E-state index contributed by atoms with van der Waals surface area (Å²) in [4.78, 5) is 0. The molecule has 1 heterocycles. The Morgan fingerprint density at radius 2 is 2.08 bits per heavy atom. The molecule has 0 amide bonds. The van der Waals surface area contributed by atoms with Crippen LogP contribution in [0.4, 0.5) is 0 Å². The molecule has 13 heavy (non-hydrogen) atoms. The summed E-state index contributed by atoms with van der Waals surface area (Å²) in [5, 5.41) is 5.21. The van der Waals surface area contributed by atoms with E-state index in [0.717, 1.165) is 16.7 Å². The van der Waals surface area contributed by atoms with Gasteiger partial charge >= 0.3 is 0 Å². The van der Waals surface area contributed by atoms with Gasteiger partial charge in [0.25, 0.3) is 0 Å². The number of hydrogen-bond acceptors (Lipinski definition) is 2. The lowest BCUT2D eigenvalue weighted by molar-refractivity contribution is 0.441. The first-order valence-corrected chi connectivity index (χ1v) is 4.54. The standard InChI is InChI=1S/C11H13NO/c1-7(2)11-9-6-8(3)4-5-10(9)13-12-11/h4-7H,1-3H3. The quantitative estimate of drug-likeness (QED) is 0.664. The van der Waals surface area contributed by atoms with Gasteiger partial charge in [0, 0.05) is 5.39 Å². The van der Waals surface area contributed by atoms with E-state index in [4.69, 9.17) is 4.52 Å². The predicted octanol–water partition coefficient (Wildman–Crippen LogP) is 3.26. The van der Waals surface area contributed by atoms with Gasteiger partial charge in [0.15, 0.2) is 5.58 Å². The Hall–Kier alpha value is -1.31. The van der Waals surface area contributed by atoms with Crippen LogP contribution in [0.25, 0.3) is 11.0 Å². The molecule has 0 aliphatic rings. The third kappa shape index (κ3) is 1.32. The van der Waals surface area contributed by atoms with E-state index < -0.39 is 0 Å². The third-order valence-electron chi connectivity index (χ3n) is 2.20. The molecule has 0 unspecified atom stereocenters. The van der Waals surface area contributed by atoms with Gasteiger partial charge in [-0.3, -0.25) is 0 Å². The molecule has 0 saturated carbocycles. The first-order valence-electron chi connectivity index (χ1n) is 4.54. The van der Waals surface area contributed by atoms with Gasteiger partial charge in [0.05, 0.1) is 5.69 Å². The van der Waals surface area contributed by atoms with Gasteiger partial charge in [-0.15, -0.1) is 0 Å². The van der Waals surface area contributed by atoms with Gasteiger partial charge in [0.2, 0.25) is 0 Å². The predicted molar refractivity (Wildman–Crippen MR) is 52.8 cm³/mol. The number of hydrogen-bond donors (Lipinski definition) is 0. The number of benzene rings is 1. The van der Waals surface area contributed by atoms with Crippen LogP contribution in [-0.4, -0.2) is 5.16 Å². The molecule has 0 radical (unpaired) electrons. The van der Waals surface area contributed by atoms with Crippen molar-refractivity contribution >= 4 is 11.0 Å². The third-order valence-corrected chi connectivity index (χ3v) is 2.20. The Labute approximate surface area is 77.5 Å². The second-order valence-corrected chi connectivity index (χ2v) is 3.72. The summed E-state index contributed by atoms with van der Waals surface area (Å²) < 4.78 is 5.22.